The minimum absolute atomic E-state index is 0.0262. The number of hydrogen-bond acceptors (Lipinski definition) is 3. The van der Waals surface area contributed by atoms with Crippen molar-refractivity contribution in [2.24, 2.45) is 5.73 Å². The molecule has 0 bridgehead atoms. The third-order valence-electron chi connectivity index (χ3n) is 1.84. The van der Waals surface area contributed by atoms with Crippen molar-refractivity contribution in [1.29, 1.82) is 0 Å². The van der Waals surface area contributed by atoms with Crippen LogP contribution in [0.1, 0.15) is 17.3 Å². The van der Waals surface area contributed by atoms with E-state index in [0.717, 1.165) is 0 Å². The lowest BCUT2D eigenvalue weighted by atomic mass is 10.3. The maximum Gasteiger partial charge on any atom is 0.257 e. The van der Waals surface area contributed by atoms with Crippen LogP contribution in [0.15, 0.2) is 23.0 Å². The molecule has 1 amide bonds. The van der Waals surface area contributed by atoms with Gasteiger partial charge in [-0.15, -0.1) is 0 Å². The van der Waals surface area contributed by atoms with Crippen LogP contribution in [0.4, 0.5) is 0 Å². The van der Waals surface area contributed by atoms with Gasteiger partial charge in [-0.25, -0.2) is 0 Å². The molecular formula is C9H14N2O2. The number of nitrogens with zero attached hydrogens (tertiary/aromatic N) is 1. The summed E-state index contributed by atoms with van der Waals surface area (Å²) in [4.78, 5) is 13.3. The van der Waals surface area contributed by atoms with Gasteiger partial charge in [0.25, 0.3) is 5.91 Å². The molecule has 0 aliphatic heterocycles. The molecule has 0 unspecified atom stereocenters. The monoisotopic (exact) mass is 182 g/mol. The van der Waals surface area contributed by atoms with Gasteiger partial charge in [-0.3, -0.25) is 4.79 Å². The lowest BCUT2D eigenvalue weighted by molar-refractivity contribution is 0.0768. The topological polar surface area (TPSA) is 59.5 Å². The van der Waals surface area contributed by atoms with E-state index in [0.29, 0.717) is 25.2 Å². The minimum Gasteiger partial charge on any atom is -0.472 e. The van der Waals surface area contributed by atoms with E-state index in [-0.39, 0.29) is 5.91 Å². The molecule has 0 saturated carbocycles. The summed E-state index contributed by atoms with van der Waals surface area (Å²) in [5, 5.41) is 0. The lowest BCUT2D eigenvalue weighted by Gasteiger charge is -2.18. The van der Waals surface area contributed by atoms with Crippen molar-refractivity contribution in [1.82, 2.24) is 4.90 Å². The third-order valence-corrected chi connectivity index (χ3v) is 1.84. The molecule has 1 aromatic heterocycles. The van der Waals surface area contributed by atoms with Gasteiger partial charge in [0.15, 0.2) is 0 Å². The van der Waals surface area contributed by atoms with Crippen molar-refractivity contribution in [3.63, 3.8) is 0 Å². The van der Waals surface area contributed by atoms with Gasteiger partial charge in [0, 0.05) is 19.6 Å². The van der Waals surface area contributed by atoms with Gasteiger partial charge in [0.2, 0.25) is 0 Å². The van der Waals surface area contributed by atoms with Gasteiger partial charge in [-0.1, -0.05) is 0 Å². The van der Waals surface area contributed by atoms with Gasteiger partial charge in [0.1, 0.15) is 6.26 Å². The second-order valence-electron chi connectivity index (χ2n) is 2.69. The van der Waals surface area contributed by atoms with E-state index in [1.54, 1.807) is 11.0 Å². The average Bonchev–Trinajstić information content (AvgIpc) is 2.65. The first-order valence-corrected chi connectivity index (χ1v) is 4.31. The van der Waals surface area contributed by atoms with Crippen molar-refractivity contribution >= 4 is 5.91 Å². The molecule has 1 rings (SSSR count). The van der Waals surface area contributed by atoms with E-state index in [4.69, 9.17) is 10.2 Å². The predicted octanol–water partition coefficient (Wildman–Crippen LogP) is 0.700. The Morgan fingerprint density at radius 2 is 2.46 bits per heavy atom. The third kappa shape index (κ3) is 2.32. The molecule has 4 heteroatoms. The fourth-order valence-electron chi connectivity index (χ4n) is 1.13. The highest BCUT2D eigenvalue weighted by Gasteiger charge is 2.13. The Morgan fingerprint density at radius 1 is 1.69 bits per heavy atom. The predicted molar refractivity (Wildman–Crippen MR) is 49.3 cm³/mol. The Balaban J connectivity index is 2.65. The van der Waals surface area contributed by atoms with Crippen LogP contribution in [0.3, 0.4) is 0 Å². The SMILES string of the molecule is CCN(CCN)C(=O)c1ccoc1. The average molecular weight is 182 g/mol. The maximum absolute atomic E-state index is 11.6. The van der Waals surface area contributed by atoms with Crippen LogP contribution in [-0.4, -0.2) is 30.4 Å². The smallest absolute Gasteiger partial charge is 0.257 e. The molecule has 0 saturated heterocycles. The molecular weight excluding hydrogens is 168 g/mol. The number of furan rings is 1. The quantitative estimate of drug-likeness (QED) is 0.745. The molecule has 1 heterocycles. The number of likely N-dealkylation sites (N-methyl/N-ethyl adjacent to an activating group) is 1. The van der Waals surface area contributed by atoms with Crippen LogP contribution < -0.4 is 5.73 Å². The largest absolute Gasteiger partial charge is 0.472 e. The Hall–Kier alpha value is -1.29. The van der Waals surface area contributed by atoms with E-state index in [1.165, 1.54) is 12.5 Å². The zero-order valence-corrected chi connectivity index (χ0v) is 7.69. The highest BCUT2D eigenvalue weighted by Crippen LogP contribution is 2.04. The Morgan fingerprint density at radius 3 is 2.92 bits per heavy atom. The number of nitrogens with two attached hydrogens (primary N) is 1. The van der Waals surface area contributed by atoms with Gasteiger partial charge >= 0.3 is 0 Å². The summed E-state index contributed by atoms with van der Waals surface area (Å²) in [5.74, 6) is -0.0262. The molecule has 4 nitrogen and oxygen atoms in total. The number of carbonyl (C=O) groups excluding carboxylic acids is 1. The van der Waals surface area contributed by atoms with Crippen molar-refractivity contribution in [2.45, 2.75) is 6.92 Å². The van der Waals surface area contributed by atoms with Gasteiger partial charge in [-0.05, 0) is 13.0 Å². The molecule has 13 heavy (non-hydrogen) atoms. The highest BCUT2D eigenvalue weighted by molar-refractivity contribution is 5.93. The molecule has 0 atom stereocenters. The Kier molecular flexibility index (Phi) is 3.52. The summed E-state index contributed by atoms with van der Waals surface area (Å²) in [7, 11) is 0. The van der Waals surface area contributed by atoms with Crippen molar-refractivity contribution in [3.05, 3.63) is 24.2 Å². The first kappa shape index (κ1) is 9.80. The first-order valence-electron chi connectivity index (χ1n) is 4.31. The minimum atomic E-state index is -0.0262. The molecule has 0 aliphatic rings. The van der Waals surface area contributed by atoms with Crippen LogP contribution in [0, 0.1) is 0 Å². The summed E-state index contributed by atoms with van der Waals surface area (Å²) < 4.78 is 4.83. The Bertz CT molecular complexity index is 257. The molecule has 0 radical (unpaired) electrons. The van der Waals surface area contributed by atoms with Crippen LogP contribution in [0.25, 0.3) is 0 Å². The van der Waals surface area contributed by atoms with E-state index in [1.807, 2.05) is 6.92 Å². The van der Waals surface area contributed by atoms with Gasteiger partial charge in [0.05, 0.1) is 11.8 Å². The summed E-state index contributed by atoms with van der Waals surface area (Å²) in [6, 6.07) is 1.65. The van der Waals surface area contributed by atoms with Crippen LogP contribution in [0.5, 0.6) is 0 Å². The van der Waals surface area contributed by atoms with E-state index in [2.05, 4.69) is 0 Å². The zero-order chi connectivity index (χ0) is 9.68. The first-order chi connectivity index (χ1) is 6.29. The summed E-state index contributed by atoms with van der Waals surface area (Å²) in [6.45, 7) is 3.66. The second kappa shape index (κ2) is 4.67. The fraction of sp³-hybridized carbons (Fsp3) is 0.444. The van der Waals surface area contributed by atoms with Crippen molar-refractivity contribution in [2.75, 3.05) is 19.6 Å². The zero-order valence-electron chi connectivity index (χ0n) is 7.69. The van der Waals surface area contributed by atoms with Gasteiger partial charge < -0.3 is 15.1 Å². The Labute approximate surface area is 77.3 Å². The lowest BCUT2D eigenvalue weighted by Crippen LogP contribution is -2.34. The van der Waals surface area contributed by atoms with E-state index in [9.17, 15) is 4.79 Å². The number of rotatable bonds is 4. The molecule has 0 aromatic carbocycles. The van der Waals surface area contributed by atoms with Gasteiger partial charge in [-0.2, -0.15) is 0 Å². The van der Waals surface area contributed by atoms with Crippen molar-refractivity contribution in [3.8, 4) is 0 Å². The van der Waals surface area contributed by atoms with E-state index >= 15 is 0 Å². The maximum atomic E-state index is 11.6. The standard InChI is InChI=1S/C9H14N2O2/c1-2-11(5-4-10)9(12)8-3-6-13-7-8/h3,6-7H,2,4-5,10H2,1H3. The normalized spacial score (nSPS) is 10.0. The molecule has 0 spiro atoms. The number of hydrogen-bond donors (Lipinski definition) is 1. The fourth-order valence-corrected chi connectivity index (χ4v) is 1.13. The van der Waals surface area contributed by atoms with Crippen molar-refractivity contribution < 1.29 is 9.21 Å². The summed E-state index contributed by atoms with van der Waals surface area (Å²) in [5.41, 5.74) is 5.96. The molecule has 0 fully saturated rings. The molecule has 2 N–H and O–H groups in total. The van der Waals surface area contributed by atoms with Crippen LogP contribution >= 0.6 is 0 Å². The summed E-state index contributed by atoms with van der Waals surface area (Å²) in [6.07, 6.45) is 2.94. The number of carbonyl (C=O) groups is 1. The van der Waals surface area contributed by atoms with Crippen LogP contribution in [0.2, 0.25) is 0 Å². The number of amides is 1. The summed E-state index contributed by atoms with van der Waals surface area (Å²) >= 11 is 0. The molecule has 1 aromatic rings. The second-order valence-corrected chi connectivity index (χ2v) is 2.69. The molecule has 72 valence electrons. The molecule has 0 aliphatic carbocycles. The van der Waals surface area contributed by atoms with Crippen LogP contribution in [-0.2, 0) is 0 Å². The van der Waals surface area contributed by atoms with E-state index < -0.39 is 0 Å². The highest BCUT2D eigenvalue weighted by atomic mass is 16.3.